The van der Waals surface area contributed by atoms with Gasteiger partial charge in [-0.1, -0.05) is 6.07 Å². The average molecular weight is 248 g/mol. The topological polar surface area (TPSA) is 64.8 Å². The second kappa shape index (κ2) is 4.49. The Balaban J connectivity index is 1.86. The number of para-hydroxylation sites is 1. The SMILES string of the molecule is N[C@@H]1CCCN(C(=O)c2cccc3c2OCO3)C1. The zero-order valence-electron chi connectivity index (χ0n) is 10.1. The van der Waals surface area contributed by atoms with E-state index in [1.165, 1.54) is 0 Å². The summed E-state index contributed by atoms with van der Waals surface area (Å²) in [7, 11) is 0. The fraction of sp³-hybridized carbons (Fsp3) is 0.462. The first-order chi connectivity index (χ1) is 8.75. The van der Waals surface area contributed by atoms with Crippen molar-refractivity contribution in [2.75, 3.05) is 19.9 Å². The third-order valence-electron chi connectivity index (χ3n) is 3.37. The van der Waals surface area contributed by atoms with Crippen LogP contribution in [-0.4, -0.2) is 36.7 Å². The van der Waals surface area contributed by atoms with Crippen molar-refractivity contribution < 1.29 is 14.3 Å². The molecule has 0 unspecified atom stereocenters. The van der Waals surface area contributed by atoms with Gasteiger partial charge >= 0.3 is 0 Å². The van der Waals surface area contributed by atoms with E-state index >= 15 is 0 Å². The Morgan fingerprint density at radius 2 is 2.28 bits per heavy atom. The van der Waals surface area contributed by atoms with Crippen molar-refractivity contribution in [2.24, 2.45) is 5.73 Å². The second-order valence-corrected chi connectivity index (χ2v) is 4.69. The van der Waals surface area contributed by atoms with Crippen LogP contribution in [0.3, 0.4) is 0 Å². The van der Waals surface area contributed by atoms with Crippen molar-refractivity contribution >= 4 is 5.91 Å². The molecular weight excluding hydrogens is 232 g/mol. The number of piperidine rings is 1. The quantitative estimate of drug-likeness (QED) is 0.804. The molecule has 1 aromatic carbocycles. The normalized spacial score (nSPS) is 22.1. The number of nitrogens with two attached hydrogens (primary N) is 1. The van der Waals surface area contributed by atoms with Crippen LogP contribution in [0.5, 0.6) is 11.5 Å². The van der Waals surface area contributed by atoms with Crippen molar-refractivity contribution in [1.29, 1.82) is 0 Å². The molecule has 1 atom stereocenters. The van der Waals surface area contributed by atoms with Gasteiger partial charge in [-0.15, -0.1) is 0 Å². The molecule has 5 nitrogen and oxygen atoms in total. The number of benzene rings is 1. The van der Waals surface area contributed by atoms with Crippen LogP contribution in [0.25, 0.3) is 0 Å². The van der Waals surface area contributed by atoms with Gasteiger partial charge in [-0.05, 0) is 25.0 Å². The van der Waals surface area contributed by atoms with E-state index in [1.807, 2.05) is 6.07 Å². The monoisotopic (exact) mass is 248 g/mol. The molecule has 0 radical (unpaired) electrons. The minimum Gasteiger partial charge on any atom is -0.454 e. The predicted molar refractivity (Wildman–Crippen MR) is 65.7 cm³/mol. The van der Waals surface area contributed by atoms with Crippen LogP contribution in [-0.2, 0) is 0 Å². The van der Waals surface area contributed by atoms with Gasteiger partial charge in [-0.3, -0.25) is 4.79 Å². The molecule has 5 heteroatoms. The molecule has 1 fully saturated rings. The number of carbonyl (C=O) groups is 1. The number of fused-ring (bicyclic) bond motifs is 1. The molecule has 1 aromatic rings. The van der Waals surface area contributed by atoms with Gasteiger partial charge in [0.2, 0.25) is 6.79 Å². The summed E-state index contributed by atoms with van der Waals surface area (Å²) in [4.78, 5) is 14.2. The van der Waals surface area contributed by atoms with E-state index in [-0.39, 0.29) is 18.7 Å². The summed E-state index contributed by atoms with van der Waals surface area (Å²) < 4.78 is 10.6. The smallest absolute Gasteiger partial charge is 0.257 e. The Bertz CT molecular complexity index is 475. The number of rotatable bonds is 1. The molecule has 2 aliphatic rings. The second-order valence-electron chi connectivity index (χ2n) is 4.69. The van der Waals surface area contributed by atoms with Crippen molar-refractivity contribution in [1.82, 2.24) is 4.90 Å². The highest BCUT2D eigenvalue weighted by Crippen LogP contribution is 2.36. The molecule has 0 aliphatic carbocycles. The number of hydrogen-bond acceptors (Lipinski definition) is 4. The standard InChI is InChI=1S/C13H16N2O3/c14-9-3-2-6-15(7-9)13(16)10-4-1-5-11-12(10)18-8-17-11/h1,4-5,9H,2-3,6-8,14H2/t9-/m1/s1. The van der Waals surface area contributed by atoms with Crippen molar-refractivity contribution in [3.8, 4) is 11.5 Å². The minimum absolute atomic E-state index is 0.0208. The molecule has 0 aromatic heterocycles. The number of ether oxygens (including phenoxy) is 2. The Morgan fingerprint density at radius 3 is 3.11 bits per heavy atom. The summed E-state index contributed by atoms with van der Waals surface area (Å²) in [6.07, 6.45) is 1.94. The highest BCUT2D eigenvalue weighted by Gasteiger charge is 2.27. The van der Waals surface area contributed by atoms with Crippen LogP contribution in [0, 0.1) is 0 Å². The summed E-state index contributed by atoms with van der Waals surface area (Å²) in [6.45, 7) is 1.56. The Kier molecular flexibility index (Phi) is 2.83. The van der Waals surface area contributed by atoms with Crippen LogP contribution >= 0.6 is 0 Å². The zero-order chi connectivity index (χ0) is 12.5. The highest BCUT2D eigenvalue weighted by molar-refractivity contribution is 5.98. The van der Waals surface area contributed by atoms with E-state index in [1.54, 1.807) is 17.0 Å². The lowest BCUT2D eigenvalue weighted by atomic mass is 10.0. The summed E-state index contributed by atoms with van der Waals surface area (Å²) in [5.74, 6) is 1.18. The molecule has 1 amide bonds. The van der Waals surface area contributed by atoms with Gasteiger partial charge in [0.1, 0.15) is 0 Å². The van der Waals surface area contributed by atoms with Crippen LogP contribution < -0.4 is 15.2 Å². The van der Waals surface area contributed by atoms with Crippen LogP contribution in [0.4, 0.5) is 0 Å². The molecule has 0 saturated carbocycles. The first-order valence-corrected chi connectivity index (χ1v) is 6.19. The van der Waals surface area contributed by atoms with Crippen LogP contribution in [0.2, 0.25) is 0 Å². The number of nitrogens with zero attached hydrogens (tertiary/aromatic N) is 1. The zero-order valence-corrected chi connectivity index (χ0v) is 10.1. The lowest BCUT2D eigenvalue weighted by molar-refractivity contribution is 0.0704. The lowest BCUT2D eigenvalue weighted by Crippen LogP contribution is -2.45. The fourth-order valence-electron chi connectivity index (χ4n) is 2.46. The first-order valence-electron chi connectivity index (χ1n) is 6.19. The molecule has 96 valence electrons. The van der Waals surface area contributed by atoms with E-state index < -0.39 is 0 Å². The van der Waals surface area contributed by atoms with Gasteiger partial charge in [0.25, 0.3) is 5.91 Å². The molecule has 18 heavy (non-hydrogen) atoms. The summed E-state index contributed by atoms with van der Waals surface area (Å²) >= 11 is 0. The fourth-order valence-corrected chi connectivity index (χ4v) is 2.46. The van der Waals surface area contributed by atoms with E-state index in [9.17, 15) is 4.79 Å². The summed E-state index contributed by atoms with van der Waals surface area (Å²) in [5, 5.41) is 0. The number of hydrogen-bond donors (Lipinski definition) is 1. The van der Waals surface area contributed by atoms with Gasteiger partial charge in [0.15, 0.2) is 11.5 Å². The van der Waals surface area contributed by atoms with Crippen LogP contribution in [0.1, 0.15) is 23.2 Å². The molecule has 3 rings (SSSR count). The van der Waals surface area contributed by atoms with Crippen molar-refractivity contribution in [3.63, 3.8) is 0 Å². The maximum absolute atomic E-state index is 12.4. The molecule has 2 aliphatic heterocycles. The van der Waals surface area contributed by atoms with Gasteiger partial charge in [-0.2, -0.15) is 0 Å². The van der Waals surface area contributed by atoms with E-state index in [4.69, 9.17) is 15.2 Å². The molecule has 0 bridgehead atoms. The van der Waals surface area contributed by atoms with Gasteiger partial charge in [0, 0.05) is 19.1 Å². The average Bonchev–Trinajstić information content (AvgIpc) is 2.86. The Hall–Kier alpha value is -1.75. The van der Waals surface area contributed by atoms with Crippen molar-refractivity contribution in [2.45, 2.75) is 18.9 Å². The van der Waals surface area contributed by atoms with Gasteiger partial charge in [-0.25, -0.2) is 0 Å². The van der Waals surface area contributed by atoms with Gasteiger partial charge < -0.3 is 20.1 Å². The Morgan fingerprint density at radius 1 is 1.39 bits per heavy atom. The van der Waals surface area contributed by atoms with Crippen LogP contribution in [0.15, 0.2) is 18.2 Å². The van der Waals surface area contributed by atoms with E-state index in [0.717, 1.165) is 19.4 Å². The van der Waals surface area contributed by atoms with Crippen molar-refractivity contribution in [3.05, 3.63) is 23.8 Å². The Labute approximate surface area is 105 Å². The summed E-state index contributed by atoms with van der Waals surface area (Å²) in [5.41, 5.74) is 6.47. The number of carbonyl (C=O) groups excluding carboxylic acids is 1. The van der Waals surface area contributed by atoms with E-state index in [2.05, 4.69) is 0 Å². The largest absolute Gasteiger partial charge is 0.454 e. The predicted octanol–water partition coefficient (Wildman–Crippen LogP) is 0.979. The third-order valence-corrected chi connectivity index (χ3v) is 3.37. The molecule has 2 heterocycles. The molecule has 0 spiro atoms. The maximum atomic E-state index is 12.4. The minimum atomic E-state index is -0.0208. The third kappa shape index (κ3) is 1.90. The first kappa shape index (κ1) is 11.3. The highest BCUT2D eigenvalue weighted by atomic mass is 16.7. The maximum Gasteiger partial charge on any atom is 0.257 e. The van der Waals surface area contributed by atoms with E-state index in [0.29, 0.717) is 23.6 Å². The number of likely N-dealkylation sites (tertiary alicyclic amines) is 1. The molecular formula is C13H16N2O3. The number of amides is 1. The van der Waals surface area contributed by atoms with Gasteiger partial charge in [0.05, 0.1) is 5.56 Å². The summed E-state index contributed by atoms with van der Waals surface area (Å²) in [6, 6.07) is 5.47. The molecule has 2 N–H and O–H groups in total. The molecule has 1 saturated heterocycles. The lowest BCUT2D eigenvalue weighted by Gasteiger charge is -2.31.